The van der Waals surface area contributed by atoms with Crippen molar-refractivity contribution < 1.29 is 8.42 Å². The molecule has 0 aromatic heterocycles. The minimum atomic E-state index is -3.58. The Bertz CT molecular complexity index is 529. The Kier molecular flexibility index (Phi) is 4.84. The second-order valence-corrected chi connectivity index (χ2v) is 6.06. The molecule has 3 N–H and O–H groups in total. The number of hydrogen-bond donors (Lipinski definition) is 2. The van der Waals surface area contributed by atoms with Crippen LogP contribution in [-0.4, -0.2) is 21.0 Å². The van der Waals surface area contributed by atoms with Crippen LogP contribution < -0.4 is 10.5 Å². The first-order valence-corrected chi connectivity index (χ1v) is 7.11. The van der Waals surface area contributed by atoms with E-state index in [-0.39, 0.29) is 23.4 Å². The summed E-state index contributed by atoms with van der Waals surface area (Å²) in [4.78, 5) is 0.139. The van der Waals surface area contributed by atoms with Gasteiger partial charge in [-0.05, 0) is 30.2 Å². The number of nitriles is 1. The minimum absolute atomic E-state index is 0.114. The van der Waals surface area contributed by atoms with Crippen molar-refractivity contribution in [3.05, 3.63) is 29.8 Å². The summed E-state index contributed by atoms with van der Waals surface area (Å²) in [5.41, 5.74) is 5.96. The Balaban J connectivity index is 2.96. The topological polar surface area (TPSA) is 96.0 Å². The molecule has 0 radical (unpaired) electrons. The van der Waals surface area contributed by atoms with Crippen LogP contribution in [0.1, 0.15) is 19.4 Å². The lowest BCUT2D eigenvalue weighted by molar-refractivity contribution is 0.455. The molecule has 1 atom stereocenters. The summed E-state index contributed by atoms with van der Waals surface area (Å²) in [5, 5.41) is 8.66. The molecule has 0 aliphatic carbocycles. The molecular formula is C12H17N3O2S. The van der Waals surface area contributed by atoms with E-state index < -0.39 is 10.0 Å². The van der Waals surface area contributed by atoms with Crippen molar-refractivity contribution in [2.45, 2.75) is 24.8 Å². The van der Waals surface area contributed by atoms with Crippen LogP contribution in [-0.2, 0) is 10.0 Å². The predicted octanol–water partition coefficient (Wildman–Crippen LogP) is 0.820. The van der Waals surface area contributed by atoms with E-state index >= 15 is 0 Å². The first-order valence-electron chi connectivity index (χ1n) is 5.63. The van der Waals surface area contributed by atoms with Crippen molar-refractivity contribution >= 4 is 10.0 Å². The third-order valence-corrected chi connectivity index (χ3v) is 4.16. The van der Waals surface area contributed by atoms with E-state index in [2.05, 4.69) is 4.72 Å². The van der Waals surface area contributed by atoms with Crippen LogP contribution in [0, 0.1) is 17.2 Å². The molecule has 98 valence electrons. The lowest BCUT2D eigenvalue weighted by Crippen LogP contribution is -2.43. The lowest BCUT2D eigenvalue weighted by atomic mass is 10.1. The minimum Gasteiger partial charge on any atom is -0.329 e. The summed E-state index contributed by atoms with van der Waals surface area (Å²) in [6, 6.07) is 7.41. The van der Waals surface area contributed by atoms with Gasteiger partial charge in [-0.15, -0.1) is 0 Å². The number of sulfonamides is 1. The quantitative estimate of drug-likeness (QED) is 0.825. The fraction of sp³-hybridized carbons (Fsp3) is 0.417. The fourth-order valence-electron chi connectivity index (χ4n) is 1.43. The maximum Gasteiger partial charge on any atom is 0.240 e. The third kappa shape index (κ3) is 3.53. The molecule has 0 bridgehead atoms. The number of nitrogens with two attached hydrogens (primary N) is 1. The van der Waals surface area contributed by atoms with Gasteiger partial charge in [-0.3, -0.25) is 0 Å². The Morgan fingerprint density at radius 3 is 2.28 bits per heavy atom. The summed E-state index contributed by atoms with van der Waals surface area (Å²) in [6.45, 7) is 4.05. The van der Waals surface area contributed by atoms with Crippen LogP contribution in [0.3, 0.4) is 0 Å². The van der Waals surface area contributed by atoms with Gasteiger partial charge in [0.25, 0.3) is 0 Å². The maximum atomic E-state index is 12.1. The van der Waals surface area contributed by atoms with Gasteiger partial charge in [0.1, 0.15) is 0 Å². The van der Waals surface area contributed by atoms with Crippen LogP contribution in [0.15, 0.2) is 29.2 Å². The summed E-state index contributed by atoms with van der Waals surface area (Å²) in [5.74, 6) is 0.114. The van der Waals surface area contributed by atoms with Crippen LogP contribution in [0.5, 0.6) is 0 Å². The molecule has 0 fully saturated rings. The second kappa shape index (κ2) is 5.96. The number of benzene rings is 1. The SMILES string of the molecule is CC(C)C(CN)NS(=O)(=O)c1ccc(C#N)cc1. The molecule has 1 rings (SSSR count). The van der Waals surface area contributed by atoms with Crippen molar-refractivity contribution in [1.29, 1.82) is 5.26 Å². The summed E-state index contributed by atoms with van der Waals surface area (Å²) in [7, 11) is -3.58. The van der Waals surface area contributed by atoms with E-state index in [9.17, 15) is 8.42 Å². The van der Waals surface area contributed by atoms with Crippen molar-refractivity contribution in [3.63, 3.8) is 0 Å². The van der Waals surface area contributed by atoms with Crippen LogP contribution in [0.25, 0.3) is 0 Å². The average Bonchev–Trinajstić information content (AvgIpc) is 2.35. The highest BCUT2D eigenvalue weighted by Gasteiger charge is 2.21. The van der Waals surface area contributed by atoms with E-state index in [0.717, 1.165) is 0 Å². The van der Waals surface area contributed by atoms with Gasteiger partial charge < -0.3 is 5.73 Å². The highest BCUT2D eigenvalue weighted by atomic mass is 32.2. The zero-order valence-electron chi connectivity index (χ0n) is 10.4. The standard InChI is InChI=1S/C12H17N3O2S/c1-9(2)12(8-14)15-18(16,17)11-5-3-10(7-13)4-6-11/h3-6,9,12,15H,8,14H2,1-2H3. The smallest absolute Gasteiger partial charge is 0.240 e. The molecule has 6 heteroatoms. The lowest BCUT2D eigenvalue weighted by Gasteiger charge is -2.20. The molecule has 0 saturated heterocycles. The Labute approximate surface area is 108 Å². The molecule has 1 aromatic carbocycles. The van der Waals surface area contributed by atoms with Crippen molar-refractivity contribution in [2.24, 2.45) is 11.7 Å². The van der Waals surface area contributed by atoms with Crippen LogP contribution in [0.2, 0.25) is 0 Å². The summed E-state index contributed by atoms with van der Waals surface area (Å²) < 4.78 is 26.7. The number of nitrogens with one attached hydrogen (secondary N) is 1. The molecule has 0 heterocycles. The largest absolute Gasteiger partial charge is 0.329 e. The highest BCUT2D eigenvalue weighted by Crippen LogP contribution is 2.12. The third-order valence-electron chi connectivity index (χ3n) is 2.66. The van der Waals surface area contributed by atoms with E-state index in [1.54, 1.807) is 0 Å². The number of nitrogens with zero attached hydrogens (tertiary/aromatic N) is 1. The average molecular weight is 267 g/mol. The van der Waals surface area contributed by atoms with E-state index in [1.807, 2.05) is 19.9 Å². The molecule has 0 spiro atoms. The molecule has 1 unspecified atom stereocenters. The van der Waals surface area contributed by atoms with Gasteiger partial charge in [0.05, 0.1) is 16.5 Å². The van der Waals surface area contributed by atoms with Gasteiger partial charge >= 0.3 is 0 Å². The van der Waals surface area contributed by atoms with Gasteiger partial charge in [-0.2, -0.15) is 5.26 Å². The Morgan fingerprint density at radius 1 is 1.33 bits per heavy atom. The van der Waals surface area contributed by atoms with Crippen molar-refractivity contribution in [3.8, 4) is 6.07 Å². The van der Waals surface area contributed by atoms with Crippen molar-refractivity contribution in [2.75, 3.05) is 6.54 Å². The molecule has 0 aliphatic heterocycles. The maximum absolute atomic E-state index is 12.1. The first-order chi connectivity index (χ1) is 8.40. The number of hydrogen-bond acceptors (Lipinski definition) is 4. The van der Waals surface area contributed by atoms with Gasteiger partial charge in [-0.1, -0.05) is 13.8 Å². The molecule has 0 aliphatic rings. The summed E-state index contributed by atoms with van der Waals surface area (Å²) >= 11 is 0. The zero-order valence-corrected chi connectivity index (χ0v) is 11.2. The molecule has 0 amide bonds. The Hall–Kier alpha value is -1.42. The normalized spacial score (nSPS) is 13.3. The first kappa shape index (κ1) is 14.6. The van der Waals surface area contributed by atoms with Gasteiger partial charge in [0.15, 0.2) is 0 Å². The van der Waals surface area contributed by atoms with Gasteiger partial charge in [0.2, 0.25) is 10.0 Å². The molecule has 1 aromatic rings. The fourth-order valence-corrected chi connectivity index (χ4v) is 2.83. The highest BCUT2D eigenvalue weighted by molar-refractivity contribution is 7.89. The zero-order chi connectivity index (χ0) is 13.8. The number of rotatable bonds is 5. The second-order valence-electron chi connectivity index (χ2n) is 4.34. The van der Waals surface area contributed by atoms with Crippen LogP contribution >= 0.6 is 0 Å². The van der Waals surface area contributed by atoms with Gasteiger partial charge in [-0.25, -0.2) is 13.1 Å². The van der Waals surface area contributed by atoms with Gasteiger partial charge in [0, 0.05) is 12.6 Å². The van der Waals surface area contributed by atoms with Crippen LogP contribution in [0.4, 0.5) is 0 Å². The molecule has 18 heavy (non-hydrogen) atoms. The molecule has 5 nitrogen and oxygen atoms in total. The van der Waals surface area contributed by atoms with E-state index in [1.165, 1.54) is 24.3 Å². The monoisotopic (exact) mass is 267 g/mol. The molecular weight excluding hydrogens is 250 g/mol. The Morgan fingerprint density at radius 2 is 1.89 bits per heavy atom. The summed E-state index contributed by atoms with van der Waals surface area (Å²) in [6.07, 6.45) is 0. The van der Waals surface area contributed by atoms with E-state index in [0.29, 0.717) is 5.56 Å². The predicted molar refractivity (Wildman–Crippen MR) is 69.2 cm³/mol. The van der Waals surface area contributed by atoms with Crippen molar-refractivity contribution in [1.82, 2.24) is 4.72 Å². The van der Waals surface area contributed by atoms with E-state index in [4.69, 9.17) is 11.0 Å². The molecule has 0 saturated carbocycles.